The van der Waals surface area contributed by atoms with E-state index in [1.54, 1.807) is 43.7 Å². The lowest BCUT2D eigenvalue weighted by Crippen LogP contribution is -1.98. The highest BCUT2D eigenvalue weighted by molar-refractivity contribution is 5.94. The first kappa shape index (κ1) is 9.96. The highest BCUT2D eigenvalue weighted by Crippen LogP contribution is 2.37. The Bertz CT molecular complexity index is 557. The van der Waals surface area contributed by atoms with Crippen molar-refractivity contribution >= 4 is 5.97 Å². The molecule has 1 aromatic heterocycles. The van der Waals surface area contributed by atoms with Gasteiger partial charge in [0.25, 0.3) is 0 Å². The summed E-state index contributed by atoms with van der Waals surface area (Å²) < 4.78 is 15.7. The van der Waals surface area contributed by atoms with Gasteiger partial charge < -0.3 is 13.9 Å². The second kappa shape index (κ2) is 3.66. The standard InChI is InChI=1S/C13H10O4/c1-15-8-4-5-9-10(7-8)12(17-13(9)14)11-3-2-6-16-11/h2-7,12H,1H3. The van der Waals surface area contributed by atoms with Crippen LogP contribution in [0.5, 0.6) is 5.75 Å². The number of ether oxygens (including phenoxy) is 2. The van der Waals surface area contributed by atoms with Crippen molar-refractivity contribution in [3.8, 4) is 5.75 Å². The topological polar surface area (TPSA) is 48.7 Å². The van der Waals surface area contributed by atoms with Crippen LogP contribution in [0.1, 0.15) is 27.8 Å². The number of hydrogen-bond donors (Lipinski definition) is 0. The SMILES string of the molecule is COc1ccc2c(c1)C(c1ccco1)OC2=O. The Hall–Kier alpha value is -2.23. The third kappa shape index (κ3) is 1.49. The molecule has 3 rings (SSSR count). The summed E-state index contributed by atoms with van der Waals surface area (Å²) >= 11 is 0. The van der Waals surface area contributed by atoms with Crippen LogP contribution in [-0.4, -0.2) is 13.1 Å². The normalized spacial score (nSPS) is 17.7. The molecule has 1 aromatic carbocycles. The van der Waals surface area contributed by atoms with Gasteiger partial charge in [0.05, 0.1) is 18.9 Å². The first-order valence-corrected chi connectivity index (χ1v) is 5.22. The average molecular weight is 230 g/mol. The lowest BCUT2D eigenvalue weighted by Gasteiger charge is -2.07. The molecule has 1 aliphatic rings. The molecular weight excluding hydrogens is 220 g/mol. The van der Waals surface area contributed by atoms with Crippen molar-refractivity contribution in [2.45, 2.75) is 6.10 Å². The van der Waals surface area contributed by atoms with E-state index >= 15 is 0 Å². The lowest BCUT2D eigenvalue weighted by molar-refractivity contribution is 0.0421. The maximum atomic E-state index is 11.7. The number of methoxy groups -OCH3 is 1. The van der Waals surface area contributed by atoms with Gasteiger partial charge in [0.1, 0.15) is 11.5 Å². The van der Waals surface area contributed by atoms with E-state index in [1.165, 1.54) is 0 Å². The van der Waals surface area contributed by atoms with E-state index in [0.29, 0.717) is 17.1 Å². The molecule has 0 radical (unpaired) electrons. The van der Waals surface area contributed by atoms with Crippen LogP contribution in [0.2, 0.25) is 0 Å². The number of carbonyl (C=O) groups excluding carboxylic acids is 1. The van der Waals surface area contributed by atoms with Crippen LogP contribution in [0, 0.1) is 0 Å². The number of furan rings is 1. The summed E-state index contributed by atoms with van der Waals surface area (Å²) in [5, 5.41) is 0. The van der Waals surface area contributed by atoms with Crippen LogP contribution >= 0.6 is 0 Å². The molecule has 1 aliphatic heterocycles. The lowest BCUT2D eigenvalue weighted by atomic mass is 10.0. The smallest absolute Gasteiger partial charge is 0.339 e. The van der Waals surface area contributed by atoms with E-state index in [-0.39, 0.29) is 5.97 Å². The Balaban J connectivity index is 2.11. The van der Waals surface area contributed by atoms with Crippen molar-refractivity contribution in [2.24, 2.45) is 0 Å². The molecular formula is C13H10O4. The van der Waals surface area contributed by atoms with Crippen molar-refractivity contribution < 1.29 is 18.7 Å². The van der Waals surface area contributed by atoms with Gasteiger partial charge in [0.15, 0.2) is 6.10 Å². The van der Waals surface area contributed by atoms with E-state index in [2.05, 4.69) is 0 Å². The van der Waals surface area contributed by atoms with E-state index < -0.39 is 6.10 Å². The molecule has 86 valence electrons. The van der Waals surface area contributed by atoms with E-state index in [0.717, 1.165) is 5.56 Å². The van der Waals surface area contributed by atoms with Crippen molar-refractivity contribution in [3.63, 3.8) is 0 Å². The van der Waals surface area contributed by atoms with Crippen molar-refractivity contribution in [1.82, 2.24) is 0 Å². The van der Waals surface area contributed by atoms with Gasteiger partial charge in [0.2, 0.25) is 0 Å². The first-order chi connectivity index (χ1) is 8.29. The Kier molecular flexibility index (Phi) is 2.14. The zero-order chi connectivity index (χ0) is 11.8. The number of cyclic esters (lactones) is 1. The molecule has 0 fully saturated rings. The predicted molar refractivity (Wildman–Crippen MR) is 59.0 cm³/mol. The monoisotopic (exact) mass is 230 g/mol. The molecule has 4 nitrogen and oxygen atoms in total. The first-order valence-electron chi connectivity index (χ1n) is 5.22. The highest BCUT2D eigenvalue weighted by atomic mass is 16.6. The van der Waals surface area contributed by atoms with Gasteiger partial charge >= 0.3 is 5.97 Å². The Morgan fingerprint density at radius 3 is 2.88 bits per heavy atom. The molecule has 1 atom stereocenters. The third-order valence-corrected chi connectivity index (χ3v) is 2.79. The van der Waals surface area contributed by atoms with Crippen LogP contribution < -0.4 is 4.74 Å². The van der Waals surface area contributed by atoms with Crippen LogP contribution in [-0.2, 0) is 4.74 Å². The fourth-order valence-electron chi connectivity index (χ4n) is 1.96. The molecule has 0 amide bonds. The summed E-state index contributed by atoms with van der Waals surface area (Å²) in [6, 6.07) is 8.80. The fraction of sp³-hybridized carbons (Fsp3) is 0.154. The van der Waals surface area contributed by atoms with Crippen molar-refractivity contribution in [1.29, 1.82) is 0 Å². The molecule has 0 aliphatic carbocycles. The maximum Gasteiger partial charge on any atom is 0.339 e. The van der Waals surface area contributed by atoms with Gasteiger partial charge in [-0.2, -0.15) is 0 Å². The van der Waals surface area contributed by atoms with Crippen LogP contribution in [0.25, 0.3) is 0 Å². The van der Waals surface area contributed by atoms with Gasteiger partial charge in [-0.1, -0.05) is 0 Å². The Labute approximate surface area is 97.8 Å². The molecule has 0 saturated heterocycles. The van der Waals surface area contributed by atoms with E-state index in [1.807, 2.05) is 0 Å². The van der Waals surface area contributed by atoms with E-state index in [4.69, 9.17) is 13.9 Å². The molecule has 2 heterocycles. The Morgan fingerprint density at radius 2 is 2.18 bits per heavy atom. The molecule has 0 saturated carbocycles. The number of carbonyl (C=O) groups is 1. The number of hydrogen-bond acceptors (Lipinski definition) is 4. The number of esters is 1. The fourth-order valence-corrected chi connectivity index (χ4v) is 1.96. The summed E-state index contributed by atoms with van der Waals surface area (Å²) in [5.74, 6) is 0.980. The van der Waals surface area contributed by atoms with Crippen LogP contribution in [0.4, 0.5) is 0 Å². The maximum absolute atomic E-state index is 11.7. The van der Waals surface area contributed by atoms with Crippen molar-refractivity contribution in [3.05, 3.63) is 53.5 Å². The highest BCUT2D eigenvalue weighted by Gasteiger charge is 2.34. The largest absolute Gasteiger partial charge is 0.497 e. The minimum atomic E-state index is -0.470. The van der Waals surface area contributed by atoms with Gasteiger partial charge in [-0.05, 0) is 30.3 Å². The number of rotatable bonds is 2. The minimum absolute atomic E-state index is 0.330. The van der Waals surface area contributed by atoms with Crippen LogP contribution in [0.15, 0.2) is 41.0 Å². The quantitative estimate of drug-likeness (QED) is 0.744. The second-order valence-corrected chi connectivity index (χ2v) is 3.75. The van der Waals surface area contributed by atoms with Crippen LogP contribution in [0.3, 0.4) is 0 Å². The Morgan fingerprint density at radius 1 is 1.29 bits per heavy atom. The predicted octanol–water partition coefficient (Wildman–Crippen LogP) is 2.55. The molecule has 4 heteroatoms. The van der Waals surface area contributed by atoms with Crippen molar-refractivity contribution in [2.75, 3.05) is 7.11 Å². The molecule has 0 spiro atoms. The summed E-state index contributed by atoms with van der Waals surface area (Å²) in [7, 11) is 1.58. The van der Waals surface area contributed by atoms with E-state index in [9.17, 15) is 4.79 Å². The molecule has 1 unspecified atom stereocenters. The van der Waals surface area contributed by atoms with Gasteiger partial charge in [-0.3, -0.25) is 0 Å². The second-order valence-electron chi connectivity index (χ2n) is 3.75. The van der Waals surface area contributed by atoms with Gasteiger partial charge in [-0.15, -0.1) is 0 Å². The number of fused-ring (bicyclic) bond motifs is 1. The minimum Gasteiger partial charge on any atom is -0.497 e. The number of benzene rings is 1. The summed E-state index contributed by atoms with van der Waals surface area (Å²) in [6.45, 7) is 0. The molecule has 0 bridgehead atoms. The van der Waals surface area contributed by atoms with Gasteiger partial charge in [0, 0.05) is 5.56 Å². The van der Waals surface area contributed by atoms with Gasteiger partial charge in [-0.25, -0.2) is 4.79 Å². The zero-order valence-electron chi connectivity index (χ0n) is 9.17. The molecule has 0 N–H and O–H groups in total. The third-order valence-electron chi connectivity index (χ3n) is 2.79. The summed E-state index contributed by atoms with van der Waals surface area (Å²) in [4.78, 5) is 11.7. The summed E-state index contributed by atoms with van der Waals surface area (Å²) in [5.41, 5.74) is 1.34. The zero-order valence-corrected chi connectivity index (χ0v) is 9.17. The molecule has 2 aromatic rings. The molecule has 17 heavy (non-hydrogen) atoms. The average Bonchev–Trinajstić information content (AvgIpc) is 2.97. The summed E-state index contributed by atoms with van der Waals surface area (Å²) in [6.07, 6.45) is 1.09.